The van der Waals surface area contributed by atoms with Crippen molar-refractivity contribution in [1.29, 1.82) is 0 Å². The Morgan fingerprint density at radius 2 is 1.85 bits per heavy atom. The lowest BCUT2D eigenvalue weighted by molar-refractivity contribution is -0.148. The molecule has 2 unspecified atom stereocenters. The van der Waals surface area contributed by atoms with Gasteiger partial charge >= 0.3 is 0 Å². The number of fused-ring (bicyclic) bond motifs is 1. The number of likely N-dealkylation sites (N-methyl/N-ethyl adjacent to an activating group) is 1. The summed E-state index contributed by atoms with van der Waals surface area (Å²) in [6, 6.07) is 4.33. The van der Waals surface area contributed by atoms with Crippen molar-refractivity contribution in [2.75, 3.05) is 31.6 Å². The van der Waals surface area contributed by atoms with Crippen LogP contribution in [0.5, 0.6) is 0 Å². The lowest BCUT2D eigenvalue weighted by Crippen LogP contribution is -2.60. The van der Waals surface area contributed by atoms with Crippen LogP contribution in [0.25, 0.3) is 0 Å². The maximum absolute atomic E-state index is 14.8. The molecule has 3 aliphatic rings. The van der Waals surface area contributed by atoms with Gasteiger partial charge in [0.2, 0.25) is 11.8 Å². The Balaban J connectivity index is 1.87. The van der Waals surface area contributed by atoms with Gasteiger partial charge in [0.25, 0.3) is 5.91 Å². The number of amides is 3. The highest BCUT2D eigenvalue weighted by atomic mass is 16.5. The first-order valence-corrected chi connectivity index (χ1v) is 14.0. The predicted molar refractivity (Wildman–Crippen MR) is 151 cm³/mol. The number of aryl methyl sites for hydroxylation is 2. The number of carbonyl (C=O) groups is 3. The number of aliphatic hydroxyl groups is 1. The number of carbonyl (C=O) groups excluding carboxylic acids is 3. The van der Waals surface area contributed by atoms with Gasteiger partial charge in [-0.05, 0) is 43.7 Å². The second-order valence-corrected chi connectivity index (χ2v) is 11.4. The lowest BCUT2D eigenvalue weighted by Gasteiger charge is -2.41. The van der Waals surface area contributed by atoms with E-state index in [1.165, 1.54) is 0 Å². The number of ether oxygens (including phenoxy) is 1. The van der Waals surface area contributed by atoms with Crippen LogP contribution in [0.3, 0.4) is 0 Å². The molecule has 0 aromatic heterocycles. The second-order valence-electron chi connectivity index (χ2n) is 11.4. The number of rotatable bonds is 11. The van der Waals surface area contributed by atoms with Gasteiger partial charge in [0.15, 0.2) is 0 Å². The molecule has 0 radical (unpaired) electrons. The number of para-hydroxylation sites is 1. The normalized spacial score (nSPS) is 28.7. The number of likely N-dealkylation sites (tertiary alicyclic amines) is 1. The molecule has 3 fully saturated rings. The Morgan fingerprint density at radius 1 is 1.21 bits per heavy atom. The molecule has 3 aliphatic heterocycles. The zero-order valence-electron chi connectivity index (χ0n) is 23.9. The molecule has 8 nitrogen and oxygen atoms in total. The van der Waals surface area contributed by atoms with E-state index in [2.05, 4.69) is 13.2 Å². The SMILES string of the molecule is C=CCN(C)C(=O)[C@@H]1[C@@H]2CCC3(O2)C(C(=O)N(CC=C)c2c(C)cccc2C)N([C@@H](CO)[C@@H](C)CC)C(=O)[C@H]13. The summed E-state index contributed by atoms with van der Waals surface area (Å²) in [4.78, 5) is 47.7. The fraction of sp³-hybridized carbons (Fsp3) is 0.581. The molecular formula is C31H43N3O5. The number of aliphatic hydroxyl groups excluding tert-OH is 1. The monoisotopic (exact) mass is 537 g/mol. The number of anilines is 1. The largest absolute Gasteiger partial charge is 0.394 e. The Bertz CT molecular complexity index is 1130. The van der Waals surface area contributed by atoms with Crippen molar-refractivity contribution in [3.8, 4) is 0 Å². The van der Waals surface area contributed by atoms with Gasteiger partial charge in [-0.25, -0.2) is 0 Å². The molecule has 0 saturated carbocycles. The van der Waals surface area contributed by atoms with Crippen LogP contribution in [0, 0.1) is 31.6 Å². The Morgan fingerprint density at radius 3 is 2.41 bits per heavy atom. The van der Waals surface area contributed by atoms with Crippen molar-refractivity contribution < 1.29 is 24.2 Å². The highest BCUT2D eigenvalue weighted by Crippen LogP contribution is 2.59. The van der Waals surface area contributed by atoms with Gasteiger partial charge in [0.1, 0.15) is 11.6 Å². The summed E-state index contributed by atoms with van der Waals surface area (Å²) in [5.41, 5.74) is 1.52. The van der Waals surface area contributed by atoms with E-state index in [0.29, 0.717) is 19.4 Å². The molecule has 4 rings (SSSR count). The highest BCUT2D eigenvalue weighted by Gasteiger charge is 2.75. The predicted octanol–water partition coefficient (Wildman–Crippen LogP) is 3.25. The average molecular weight is 538 g/mol. The molecule has 7 atom stereocenters. The minimum atomic E-state index is -1.13. The van der Waals surface area contributed by atoms with Gasteiger partial charge in [0, 0.05) is 25.8 Å². The molecule has 0 aliphatic carbocycles. The Hall–Kier alpha value is -2.97. The number of benzene rings is 1. The number of hydrogen-bond donors (Lipinski definition) is 1. The third-order valence-corrected chi connectivity index (χ3v) is 9.17. The van der Waals surface area contributed by atoms with Gasteiger partial charge in [-0.1, -0.05) is 50.6 Å². The molecule has 3 saturated heterocycles. The van der Waals surface area contributed by atoms with Crippen molar-refractivity contribution in [3.05, 3.63) is 54.6 Å². The van der Waals surface area contributed by atoms with Gasteiger partial charge in [-0.15, -0.1) is 13.2 Å². The smallest absolute Gasteiger partial charge is 0.253 e. The molecule has 1 aromatic rings. The zero-order chi connectivity index (χ0) is 28.6. The van der Waals surface area contributed by atoms with Gasteiger partial charge in [-0.3, -0.25) is 14.4 Å². The van der Waals surface area contributed by atoms with E-state index in [-0.39, 0.29) is 36.8 Å². The molecule has 8 heteroatoms. The van der Waals surface area contributed by atoms with Gasteiger partial charge < -0.3 is 24.5 Å². The minimum Gasteiger partial charge on any atom is -0.394 e. The minimum absolute atomic E-state index is 0.0627. The van der Waals surface area contributed by atoms with Crippen LogP contribution in [-0.4, -0.2) is 83.2 Å². The van der Waals surface area contributed by atoms with E-state index in [1.807, 2.05) is 45.9 Å². The average Bonchev–Trinajstić information content (AvgIpc) is 3.55. The molecule has 1 aromatic carbocycles. The maximum atomic E-state index is 14.8. The summed E-state index contributed by atoms with van der Waals surface area (Å²) in [5.74, 6) is -2.24. The Kier molecular flexibility index (Phi) is 8.38. The van der Waals surface area contributed by atoms with Crippen molar-refractivity contribution in [1.82, 2.24) is 9.80 Å². The molecule has 39 heavy (non-hydrogen) atoms. The van der Waals surface area contributed by atoms with Crippen LogP contribution in [0.4, 0.5) is 5.69 Å². The van der Waals surface area contributed by atoms with Crippen LogP contribution in [0.2, 0.25) is 0 Å². The first-order chi connectivity index (χ1) is 18.6. The maximum Gasteiger partial charge on any atom is 0.253 e. The highest BCUT2D eigenvalue weighted by molar-refractivity contribution is 6.05. The van der Waals surface area contributed by atoms with Crippen LogP contribution in [0.1, 0.15) is 44.2 Å². The molecule has 3 heterocycles. The lowest BCUT2D eigenvalue weighted by atomic mass is 9.70. The third kappa shape index (κ3) is 4.51. The van der Waals surface area contributed by atoms with E-state index in [0.717, 1.165) is 23.2 Å². The van der Waals surface area contributed by atoms with Crippen LogP contribution in [-0.2, 0) is 19.1 Å². The summed E-state index contributed by atoms with van der Waals surface area (Å²) in [5, 5.41) is 10.6. The van der Waals surface area contributed by atoms with E-state index in [4.69, 9.17) is 4.74 Å². The second kappa shape index (κ2) is 11.3. The van der Waals surface area contributed by atoms with Crippen molar-refractivity contribution in [2.45, 2.75) is 70.7 Å². The topological polar surface area (TPSA) is 90.4 Å². The van der Waals surface area contributed by atoms with E-state index < -0.39 is 35.6 Å². The number of hydrogen-bond acceptors (Lipinski definition) is 5. The Labute approximate surface area is 232 Å². The van der Waals surface area contributed by atoms with Crippen LogP contribution < -0.4 is 4.90 Å². The summed E-state index contributed by atoms with van der Waals surface area (Å²) in [6.45, 7) is 15.9. The van der Waals surface area contributed by atoms with Crippen LogP contribution >= 0.6 is 0 Å². The van der Waals surface area contributed by atoms with Gasteiger partial charge in [0.05, 0.1) is 30.6 Å². The fourth-order valence-corrected chi connectivity index (χ4v) is 7.16. The third-order valence-electron chi connectivity index (χ3n) is 9.17. The zero-order valence-corrected chi connectivity index (χ0v) is 23.9. The quantitative estimate of drug-likeness (QED) is 0.438. The summed E-state index contributed by atoms with van der Waals surface area (Å²) in [7, 11) is 1.70. The van der Waals surface area contributed by atoms with E-state index in [9.17, 15) is 19.5 Å². The summed E-state index contributed by atoms with van der Waals surface area (Å²) < 4.78 is 6.62. The fourth-order valence-electron chi connectivity index (χ4n) is 7.16. The van der Waals surface area contributed by atoms with Gasteiger partial charge in [-0.2, -0.15) is 0 Å². The molecule has 2 bridgehead atoms. The summed E-state index contributed by atoms with van der Waals surface area (Å²) in [6.07, 6.45) is 4.72. The van der Waals surface area contributed by atoms with E-state index >= 15 is 0 Å². The van der Waals surface area contributed by atoms with Crippen molar-refractivity contribution in [3.63, 3.8) is 0 Å². The van der Waals surface area contributed by atoms with Crippen molar-refractivity contribution >= 4 is 23.4 Å². The molecule has 212 valence electrons. The summed E-state index contributed by atoms with van der Waals surface area (Å²) >= 11 is 0. The molecule has 3 amide bonds. The van der Waals surface area contributed by atoms with Crippen LogP contribution in [0.15, 0.2) is 43.5 Å². The number of nitrogens with zero attached hydrogens (tertiary/aromatic N) is 3. The first-order valence-electron chi connectivity index (χ1n) is 14.0. The molecule has 1 N–H and O–H groups in total. The molecular weight excluding hydrogens is 494 g/mol. The molecule has 1 spiro atoms. The standard InChI is InChI=1S/C31H43N3O5/c1-8-16-32(7)28(36)24-23-14-15-31(39-23)25(24)29(37)34(22(18-35)19(4)10-3)27(31)30(38)33(17-9-2)26-20(5)12-11-13-21(26)6/h8-9,11-13,19,22-25,27,35H,1-2,10,14-18H2,3-7H3/t19-,22-,23-,24+,25-,27?,31?/m0/s1. The van der Waals surface area contributed by atoms with Crippen molar-refractivity contribution in [2.24, 2.45) is 17.8 Å². The van der Waals surface area contributed by atoms with E-state index in [1.54, 1.807) is 33.9 Å². The first kappa shape index (κ1) is 29.0.